The third kappa shape index (κ3) is 8.47. The highest BCUT2D eigenvalue weighted by Gasteiger charge is 2.30. The molecule has 2 aliphatic heterocycles. The number of rotatable bonds is 4. The highest BCUT2D eigenvalue weighted by atomic mass is 35.5. The number of piperidine rings is 2. The molecule has 12 nitrogen and oxygen atoms in total. The van der Waals surface area contributed by atoms with Crippen LogP contribution in [0.3, 0.4) is 0 Å². The van der Waals surface area contributed by atoms with E-state index in [0.717, 1.165) is 52.8 Å². The summed E-state index contributed by atoms with van der Waals surface area (Å²) in [6, 6.07) is 0. The van der Waals surface area contributed by atoms with E-state index < -0.39 is 5.60 Å². The van der Waals surface area contributed by atoms with Crippen LogP contribution < -0.4 is 16.4 Å². The molecule has 0 bridgehead atoms. The minimum Gasteiger partial charge on any atom is -0.444 e. The molecule has 2 saturated heterocycles. The summed E-state index contributed by atoms with van der Waals surface area (Å²) >= 11 is 15.3. The maximum Gasteiger partial charge on any atom is 0.410 e. The Bertz CT molecular complexity index is 1830. The average molecular weight is 722 g/mol. The van der Waals surface area contributed by atoms with Gasteiger partial charge in [-0.2, -0.15) is 0 Å². The first kappa shape index (κ1) is 35.1. The van der Waals surface area contributed by atoms with E-state index in [-0.39, 0.29) is 39.1 Å². The number of carbonyl (C=O) groups excluding carboxylic acids is 1. The van der Waals surface area contributed by atoms with E-state index >= 15 is 0 Å². The van der Waals surface area contributed by atoms with Crippen molar-refractivity contribution in [3.8, 4) is 21.4 Å². The van der Waals surface area contributed by atoms with Crippen LogP contribution in [0.5, 0.6) is 0 Å². The zero-order valence-corrected chi connectivity index (χ0v) is 30.1. The molecule has 0 aliphatic carbocycles. The molecule has 0 spiro atoms. The van der Waals surface area contributed by atoms with E-state index in [9.17, 15) is 14.4 Å². The lowest BCUT2D eigenvalue weighted by Gasteiger charge is -2.33. The first-order valence-electron chi connectivity index (χ1n) is 15.4. The quantitative estimate of drug-likeness (QED) is 0.220. The fourth-order valence-electron chi connectivity index (χ4n) is 5.52. The number of aromatic amines is 2. The number of hydrogen-bond acceptors (Lipinski definition) is 11. The summed E-state index contributed by atoms with van der Waals surface area (Å²) in [5, 5.41) is 3.65. The van der Waals surface area contributed by atoms with E-state index in [1.165, 1.54) is 22.7 Å². The number of aromatic nitrogens is 6. The third-order valence-electron chi connectivity index (χ3n) is 7.96. The minimum atomic E-state index is -0.521. The van der Waals surface area contributed by atoms with Crippen LogP contribution in [-0.2, 0) is 4.74 Å². The van der Waals surface area contributed by atoms with Crippen LogP contribution in [0.25, 0.3) is 21.4 Å². The van der Waals surface area contributed by atoms with Crippen molar-refractivity contribution < 1.29 is 9.53 Å². The molecule has 0 unspecified atom stereocenters. The number of likely N-dealkylation sites (tertiary alicyclic amines) is 1. The highest BCUT2D eigenvalue weighted by molar-refractivity contribution is 7.13. The van der Waals surface area contributed by atoms with Crippen LogP contribution in [0.15, 0.2) is 20.6 Å². The second-order valence-corrected chi connectivity index (χ2v) is 15.0. The van der Waals surface area contributed by atoms with Crippen LogP contribution in [0.2, 0.25) is 10.0 Å². The van der Waals surface area contributed by atoms with Gasteiger partial charge >= 0.3 is 6.09 Å². The van der Waals surface area contributed by atoms with Crippen LogP contribution in [0.4, 0.5) is 4.79 Å². The topological polar surface area (TPSA) is 159 Å². The second kappa shape index (κ2) is 14.9. The van der Waals surface area contributed by atoms with E-state index in [1.807, 2.05) is 34.6 Å². The Morgan fingerprint density at radius 1 is 0.830 bits per heavy atom. The van der Waals surface area contributed by atoms with Gasteiger partial charge in [0.1, 0.15) is 15.6 Å². The summed E-state index contributed by atoms with van der Waals surface area (Å²) in [5.74, 6) is 1.34. The molecule has 2 aliphatic rings. The van der Waals surface area contributed by atoms with Gasteiger partial charge in [-0.25, -0.2) is 24.7 Å². The molecule has 16 heteroatoms. The number of hydrogen-bond donors (Lipinski definition) is 3. The van der Waals surface area contributed by atoms with Crippen molar-refractivity contribution in [2.75, 3.05) is 26.2 Å². The van der Waals surface area contributed by atoms with Gasteiger partial charge in [0.15, 0.2) is 11.6 Å². The minimum absolute atomic E-state index is 0.0189. The van der Waals surface area contributed by atoms with Gasteiger partial charge in [0.25, 0.3) is 11.1 Å². The zero-order chi connectivity index (χ0) is 33.9. The van der Waals surface area contributed by atoms with Crippen LogP contribution in [0, 0.1) is 13.8 Å². The molecule has 0 aromatic carbocycles. The lowest BCUT2D eigenvalue weighted by Crippen LogP contribution is -2.41. The van der Waals surface area contributed by atoms with Crippen molar-refractivity contribution in [3.05, 3.63) is 64.5 Å². The van der Waals surface area contributed by atoms with E-state index in [2.05, 4.69) is 35.2 Å². The first-order valence-corrected chi connectivity index (χ1v) is 17.9. The third-order valence-corrected chi connectivity index (χ3v) is 10.6. The highest BCUT2D eigenvalue weighted by Crippen LogP contribution is 2.33. The molecule has 6 heterocycles. The van der Waals surface area contributed by atoms with Gasteiger partial charge in [-0.15, -0.1) is 22.7 Å². The van der Waals surface area contributed by atoms with Crippen LogP contribution in [0.1, 0.15) is 81.1 Å². The number of carbonyl (C=O) groups is 1. The van der Waals surface area contributed by atoms with Crippen molar-refractivity contribution in [2.45, 2.75) is 77.7 Å². The molecule has 6 rings (SSSR count). The monoisotopic (exact) mass is 720 g/mol. The van der Waals surface area contributed by atoms with Gasteiger partial charge < -0.3 is 24.9 Å². The molecule has 3 N–H and O–H groups in total. The molecule has 2 fully saturated rings. The number of nitrogens with one attached hydrogen (secondary N) is 3. The molecule has 252 valence electrons. The Hall–Kier alpha value is -3.17. The number of H-pyrrole nitrogens is 2. The summed E-state index contributed by atoms with van der Waals surface area (Å²) < 4.78 is 5.43. The Labute approximate surface area is 290 Å². The molecule has 1 amide bonds. The van der Waals surface area contributed by atoms with Gasteiger partial charge in [0.05, 0.1) is 43.6 Å². The van der Waals surface area contributed by atoms with Gasteiger partial charge in [-0.05, 0) is 73.4 Å². The van der Waals surface area contributed by atoms with E-state index in [4.69, 9.17) is 27.9 Å². The van der Waals surface area contributed by atoms with Gasteiger partial charge in [-0.1, -0.05) is 23.2 Å². The molecule has 47 heavy (non-hydrogen) atoms. The number of halogens is 2. The number of amides is 1. The number of aryl methyl sites for hydroxylation is 2. The Morgan fingerprint density at radius 3 is 1.68 bits per heavy atom. The second-order valence-electron chi connectivity index (χ2n) is 12.5. The summed E-state index contributed by atoms with van der Waals surface area (Å²) in [6.45, 7) is 12.3. The summed E-state index contributed by atoms with van der Waals surface area (Å²) in [6.07, 6.45) is 2.95. The summed E-state index contributed by atoms with van der Waals surface area (Å²) in [5.41, 5.74) is 5.34. The number of ether oxygens (including phenoxy) is 1. The molecule has 0 atom stereocenters. The lowest BCUT2D eigenvalue weighted by molar-refractivity contribution is 0.0204. The summed E-state index contributed by atoms with van der Waals surface area (Å²) in [7, 11) is 0. The smallest absolute Gasteiger partial charge is 0.410 e. The predicted molar refractivity (Wildman–Crippen MR) is 186 cm³/mol. The van der Waals surface area contributed by atoms with Crippen molar-refractivity contribution in [1.82, 2.24) is 40.1 Å². The van der Waals surface area contributed by atoms with Crippen LogP contribution in [-0.4, -0.2) is 72.7 Å². The van der Waals surface area contributed by atoms with Gasteiger partial charge in [0.2, 0.25) is 0 Å². The van der Waals surface area contributed by atoms with E-state index in [1.54, 1.807) is 15.9 Å². The van der Waals surface area contributed by atoms with Gasteiger partial charge in [-0.3, -0.25) is 9.59 Å². The molecule has 4 aromatic rings. The van der Waals surface area contributed by atoms with Crippen LogP contribution >= 0.6 is 45.9 Å². The zero-order valence-electron chi connectivity index (χ0n) is 26.9. The van der Waals surface area contributed by atoms with Gasteiger partial charge in [0, 0.05) is 24.9 Å². The standard InChI is InChI=1S/C18H23ClN4O3S.C13H15ClN4OS/c1-10-14(27-9-20-10)15-21-13(12(19)16(24)22-15)11-5-7-23(8-6-11)17(25)26-18(2,3)4;1-7-11(20-6-16-7)12-17-10(9(14)13(19)18-12)8-2-4-15-5-3-8/h9,11H,5-8H2,1-4H3,(H,21,22,24);6,8,15H,2-5H2,1H3,(H,17,18,19). The molecule has 4 aromatic heterocycles. The maximum absolute atomic E-state index is 12.3. The predicted octanol–water partition coefficient (Wildman–Crippen LogP) is 6.29. The van der Waals surface area contributed by atoms with Crippen molar-refractivity contribution in [1.29, 1.82) is 0 Å². The lowest BCUT2D eigenvalue weighted by atomic mass is 9.93. The average Bonchev–Trinajstić information content (AvgIpc) is 3.67. The van der Waals surface area contributed by atoms with Crippen molar-refractivity contribution >= 4 is 52.0 Å². The molecular weight excluding hydrogens is 683 g/mol. The normalized spacial score (nSPS) is 16.1. The Morgan fingerprint density at radius 2 is 1.28 bits per heavy atom. The summed E-state index contributed by atoms with van der Waals surface area (Å²) in [4.78, 5) is 63.2. The Balaban J connectivity index is 0.000000193. The largest absolute Gasteiger partial charge is 0.444 e. The molecule has 0 radical (unpaired) electrons. The van der Waals surface area contributed by atoms with Crippen molar-refractivity contribution in [2.24, 2.45) is 0 Å². The fourth-order valence-corrected chi connectivity index (χ4v) is 7.51. The van der Waals surface area contributed by atoms with E-state index in [0.29, 0.717) is 43.3 Å². The number of thiazole rings is 2. The fraction of sp³-hybridized carbons (Fsp3) is 0.516. The maximum atomic E-state index is 12.3. The Kier molecular flexibility index (Phi) is 11.2. The first-order chi connectivity index (χ1) is 22.3. The molecular formula is C31H38Cl2N8O4S2. The SMILES string of the molecule is Cc1ncsc1-c1nc(C2CCN(C(=O)OC(C)(C)C)CC2)c(Cl)c(=O)[nH]1.Cc1ncsc1-c1nc(C2CCNCC2)c(Cl)c(=O)[nH]1. The van der Waals surface area contributed by atoms with Crippen molar-refractivity contribution in [3.63, 3.8) is 0 Å². The number of nitrogens with zero attached hydrogens (tertiary/aromatic N) is 5. The molecule has 0 saturated carbocycles.